The first-order chi connectivity index (χ1) is 12.3. The van der Waals surface area contributed by atoms with E-state index in [4.69, 9.17) is 0 Å². The number of halogens is 1. The number of carbonyl (C=O) groups is 1. The predicted octanol–water partition coefficient (Wildman–Crippen LogP) is 3.85. The van der Waals surface area contributed by atoms with Crippen LogP contribution in [-0.4, -0.2) is 34.9 Å². The highest BCUT2D eigenvalue weighted by Gasteiger charge is 2.26. The molecule has 1 aromatic heterocycles. The summed E-state index contributed by atoms with van der Waals surface area (Å²) in [5, 5.41) is 3.44. The number of nitrogens with one attached hydrogen (secondary N) is 1. The first kappa shape index (κ1) is 20.4. The van der Waals surface area contributed by atoms with Crippen molar-refractivity contribution in [3.8, 4) is 0 Å². The molecule has 0 aliphatic carbocycles. The van der Waals surface area contributed by atoms with E-state index in [9.17, 15) is 4.79 Å². The smallest absolute Gasteiger partial charge is 0.254 e. The second-order valence-electron chi connectivity index (χ2n) is 6.64. The van der Waals surface area contributed by atoms with Gasteiger partial charge in [0.2, 0.25) is 0 Å². The van der Waals surface area contributed by atoms with Gasteiger partial charge in [-0.1, -0.05) is 25.1 Å². The Kier molecular flexibility index (Phi) is 8.07. The van der Waals surface area contributed by atoms with E-state index in [0.29, 0.717) is 6.54 Å². The molecule has 0 spiro atoms. The maximum atomic E-state index is 13.2. The van der Waals surface area contributed by atoms with Gasteiger partial charge in [0.1, 0.15) is 0 Å². The summed E-state index contributed by atoms with van der Waals surface area (Å²) in [5.74, 6) is 0.111. The minimum atomic E-state index is 0. The Morgan fingerprint density at radius 3 is 2.65 bits per heavy atom. The summed E-state index contributed by atoms with van der Waals surface area (Å²) in [4.78, 5) is 19.7. The lowest BCUT2D eigenvalue weighted by Gasteiger charge is -2.31. The van der Waals surface area contributed by atoms with Crippen LogP contribution in [0.15, 0.2) is 48.7 Å². The highest BCUT2D eigenvalue weighted by atomic mass is 35.5. The molecule has 2 aromatic rings. The van der Waals surface area contributed by atoms with Gasteiger partial charge in [0.15, 0.2) is 0 Å². The summed E-state index contributed by atoms with van der Waals surface area (Å²) in [6.07, 6.45) is 5.92. The van der Waals surface area contributed by atoms with Crippen LogP contribution in [0, 0.1) is 0 Å². The Morgan fingerprint density at radius 1 is 1.15 bits per heavy atom. The topological polar surface area (TPSA) is 45.2 Å². The second-order valence-corrected chi connectivity index (χ2v) is 6.64. The lowest BCUT2D eigenvalue weighted by molar-refractivity contribution is 0.0642. The summed E-state index contributed by atoms with van der Waals surface area (Å²) < 4.78 is 0. The molecule has 1 saturated heterocycles. The monoisotopic (exact) mass is 373 g/mol. The number of hydrogen-bond donors (Lipinski definition) is 1. The van der Waals surface area contributed by atoms with Crippen LogP contribution >= 0.6 is 12.4 Å². The molecule has 0 saturated carbocycles. The number of rotatable bonds is 5. The molecule has 4 nitrogen and oxygen atoms in total. The number of carbonyl (C=O) groups excluding carboxylic acids is 1. The normalized spacial score (nSPS) is 17.0. The van der Waals surface area contributed by atoms with Crippen molar-refractivity contribution < 1.29 is 4.79 Å². The van der Waals surface area contributed by atoms with Crippen LogP contribution in [0.2, 0.25) is 0 Å². The molecular weight excluding hydrogens is 346 g/mol. The lowest BCUT2D eigenvalue weighted by Crippen LogP contribution is -2.40. The molecular formula is C21H28ClN3O. The van der Waals surface area contributed by atoms with Crippen molar-refractivity contribution >= 4 is 18.3 Å². The van der Waals surface area contributed by atoms with E-state index in [1.165, 1.54) is 5.56 Å². The van der Waals surface area contributed by atoms with Crippen molar-refractivity contribution in [2.45, 2.75) is 45.2 Å². The number of benzene rings is 1. The Morgan fingerprint density at radius 2 is 1.96 bits per heavy atom. The zero-order valence-electron chi connectivity index (χ0n) is 15.4. The van der Waals surface area contributed by atoms with E-state index < -0.39 is 0 Å². The van der Waals surface area contributed by atoms with Crippen molar-refractivity contribution in [2.24, 2.45) is 0 Å². The van der Waals surface area contributed by atoms with E-state index in [-0.39, 0.29) is 24.4 Å². The van der Waals surface area contributed by atoms with Crippen molar-refractivity contribution in [3.63, 3.8) is 0 Å². The molecule has 1 atom stereocenters. The van der Waals surface area contributed by atoms with Crippen molar-refractivity contribution in [2.75, 3.05) is 13.1 Å². The molecule has 1 unspecified atom stereocenters. The van der Waals surface area contributed by atoms with Gasteiger partial charge < -0.3 is 10.2 Å². The van der Waals surface area contributed by atoms with Crippen LogP contribution in [0.5, 0.6) is 0 Å². The van der Waals surface area contributed by atoms with Gasteiger partial charge in [0, 0.05) is 17.8 Å². The van der Waals surface area contributed by atoms with Crippen molar-refractivity contribution in [1.82, 2.24) is 15.2 Å². The molecule has 1 aliphatic heterocycles. The molecule has 3 rings (SSSR count). The van der Waals surface area contributed by atoms with Crippen LogP contribution in [0.25, 0.3) is 0 Å². The van der Waals surface area contributed by atoms with E-state index in [2.05, 4.69) is 29.4 Å². The largest absolute Gasteiger partial charge is 0.330 e. The van der Waals surface area contributed by atoms with Gasteiger partial charge in [-0.15, -0.1) is 12.4 Å². The zero-order chi connectivity index (χ0) is 17.5. The van der Waals surface area contributed by atoms with Gasteiger partial charge in [-0.25, -0.2) is 0 Å². The van der Waals surface area contributed by atoms with E-state index in [0.717, 1.165) is 50.0 Å². The molecule has 26 heavy (non-hydrogen) atoms. The fourth-order valence-electron chi connectivity index (χ4n) is 3.39. The number of nitrogens with zero attached hydrogens (tertiary/aromatic N) is 2. The number of hydrogen-bond acceptors (Lipinski definition) is 3. The van der Waals surface area contributed by atoms with E-state index in [1.54, 1.807) is 6.20 Å². The first-order valence-electron chi connectivity index (χ1n) is 9.28. The highest BCUT2D eigenvalue weighted by molar-refractivity contribution is 5.94. The Balaban J connectivity index is 0.00000243. The van der Waals surface area contributed by atoms with Crippen LogP contribution in [0.4, 0.5) is 0 Å². The number of aryl methyl sites for hydroxylation is 1. The highest BCUT2D eigenvalue weighted by Crippen LogP contribution is 2.20. The third kappa shape index (κ3) is 5.29. The summed E-state index contributed by atoms with van der Waals surface area (Å²) in [7, 11) is 0. The average molecular weight is 374 g/mol. The molecule has 1 N–H and O–H groups in total. The van der Waals surface area contributed by atoms with Gasteiger partial charge in [-0.05, 0) is 68.6 Å². The van der Waals surface area contributed by atoms with Gasteiger partial charge >= 0.3 is 0 Å². The summed E-state index contributed by atoms with van der Waals surface area (Å²) >= 11 is 0. The first-order valence-corrected chi connectivity index (χ1v) is 9.28. The number of aromatic nitrogens is 1. The quantitative estimate of drug-likeness (QED) is 0.865. The molecule has 1 aliphatic rings. The summed E-state index contributed by atoms with van der Waals surface area (Å²) in [6.45, 7) is 4.70. The van der Waals surface area contributed by atoms with Crippen LogP contribution in [0.1, 0.15) is 47.8 Å². The fraction of sp³-hybridized carbons (Fsp3) is 0.429. The van der Waals surface area contributed by atoms with E-state index in [1.807, 2.05) is 35.2 Å². The second kappa shape index (κ2) is 10.3. The molecule has 1 aromatic carbocycles. The lowest BCUT2D eigenvalue weighted by atomic mass is 10.0. The third-order valence-corrected chi connectivity index (χ3v) is 4.91. The van der Waals surface area contributed by atoms with Crippen molar-refractivity contribution in [1.29, 1.82) is 0 Å². The van der Waals surface area contributed by atoms with Crippen LogP contribution in [-0.2, 0) is 13.0 Å². The molecule has 140 valence electrons. The summed E-state index contributed by atoms with van der Waals surface area (Å²) in [6, 6.07) is 14.2. The molecule has 0 radical (unpaired) electrons. The van der Waals surface area contributed by atoms with E-state index >= 15 is 0 Å². The van der Waals surface area contributed by atoms with Crippen LogP contribution in [0.3, 0.4) is 0 Å². The van der Waals surface area contributed by atoms with Gasteiger partial charge in [0.25, 0.3) is 5.91 Å². The number of amides is 1. The molecule has 0 bridgehead atoms. The molecule has 1 amide bonds. The Hall–Kier alpha value is -1.91. The minimum Gasteiger partial charge on any atom is -0.330 e. The predicted molar refractivity (Wildman–Crippen MR) is 108 cm³/mol. The number of pyridine rings is 1. The minimum absolute atomic E-state index is 0. The zero-order valence-corrected chi connectivity index (χ0v) is 16.2. The van der Waals surface area contributed by atoms with Gasteiger partial charge in [0.05, 0.1) is 12.2 Å². The Bertz CT molecular complexity index is 667. The Labute approximate surface area is 162 Å². The van der Waals surface area contributed by atoms with Crippen molar-refractivity contribution in [3.05, 3.63) is 65.5 Å². The average Bonchev–Trinajstić information content (AvgIpc) is 2.96. The fourth-order valence-corrected chi connectivity index (χ4v) is 3.39. The molecule has 1 fully saturated rings. The van der Waals surface area contributed by atoms with Gasteiger partial charge in [-0.2, -0.15) is 0 Å². The maximum Gasteiger partial charge on any atom is 0.254 e. The third-order valence-electron chi connectivity index (χ3n) is 4.91. The summed E-state index contributed by atoms with van der Waals surface area (Å²) in [5.41, 5.74) is 2.97. The van der Waals surface area contributed by atoms with Gasteiger partial charge in [-0.3, -0.25) is 9.78 Å². The molecule has 5 heteroatoms. The SMILES string of the molecule is CCc1ccc(C(=O)N(Cc2ccccn2)C2CCCNCC2)cc1.Cl. The molecule has 2 heterocycles. The standard InChI is InChI=1S/C21H27N3O.ClH/c1-2-17-8-10-18(11-9-17)21(25)24(16-19-6-3-4-14-23-19)20-7-5-13-22-15-12-20;/h3-4,6,8-11,14,20,22H,2,5,7,12-13,15-16H2,1H3;1H. The van der Waals surface area contributed by atoms with Crippen LogP contribution < -0.4 is 5.32 Å². The maximum absolute atomic E-state index is 13.2.